The molecule has 0 spiro atoms. The maximum Gasteiger partial charge on any atom is 0.582 e. The minimum Gasteiger partial charge on any atom is -0.404 e. The van der Waals surface area contributed by atoms with E-state index in [-0.39, 0.29) is 0 Å². The lowest BCUT2D eigenvalue weighted by atomic mass is 10.1. The van der Waals surface area contributed by atoms with Gasteiger partial charge in [-0.15, -0.1) is 0 Å². The molecule has 1 atom stereocenters. The minimum absolute atomic E-state index is 0.587. The molecule has 1 unspecified atom stereocenters. The van der Waals surface area contributed by atoms with Crippen LogP contribution in [0.4, 0.5) is 11.6 Å². The lowest BCUT2D eigenvalue weighted by molar-refractivity contribution is 0.333. The molecule has 0 saturated heterocycles. The number of rotatable bonds is 22. The van der Waals surface area contributed by atoms with Crippen LogP contribution in [0.3, 0.4) is 0 Å². The molecule has 0 amide bonds. The van der Waals surface area contributed by atoms with Gasteiger partial charge in [-0.05, 0) is 33.7 Å². The molecule has 2 aromatic heterocycles. The summed E-state index contributed by atoms with van der Waals surface area (Å²) in [7, 11) is -11.7. The predicted molar refractivity (Wildman–Crippen MR) is 340 cm³/mol. The number of hydrogen-bond donors (Lipinski definition) is 0. The standard InChI is InChI=1S/C68H70N8O2Si3/c1-4-7-10-30-47-79(48-31-11-8-5-2,49-32-12-9-6-3)77-81(78-80(50-33-16-13-17-34-50,51-35-18-14-19-36-51)52-37-20-15-21-38-52)75-65-57-43-26-27-44-58(57)67(75)73-63-55-41-24-25-42-56(55)64(70-63)74-68-60-46-29-28-45-59(60)66(76(68)81)72-62-54-40-23-22-39-53(54)61(69-62)71-65/h13-29,33-46H,4-12,30-32,47-49H2,1-3H3/b71-61-,71-65?,72-62?,72-66-,73-63-,73-67?,74-64?,74-68-. The van der Waals surface area contributed by atoms with E-state index < -0.39 is 25.5 Å². The second kappa shape index (κ2) is 22.8. The summed E-state index contributed by atoms with van der Waals surface area (Å²) in [5.41, 5.74) is 5.03. The van der Waals surface area contributed by atoms with Gasteiger partial charge in [-0.1, -0.05) is 286 Å². The van der Waals surface area contributed by atoms with E-state index in [1.54, 1.807) is 0 Å². The topological polar surface area (TPSA) is 102 Å². The number of hydrogen-bond acceptors (Lipinski definition) is 8. The highest BCUT2D eigenvalue weighted by Gasteiger charge is 2.62. The molecule has 0 saturated carbocycles. The SMILES string of the molecule is CCCCCC[Si](CCCCCC)(CCCCCC)O[Si]1(O[Si](c2ccccc2)(c2ccccc2)c2ccccc2)n2c3c4ccccc4c2/N=C2N=C(/N=c4/c5ccccc5/c(n41)=N/C1=NC(=N\3)/c3ccccc31)c1ccccc1\2. The Morgan fingerprint density at radius 3 is 1.04 bits per heavy atom. The number of amidine groups is 4. The summed E-state index contributed by atoms with van der Waals surface area (Å²) in [4.78, 5) is 34.8. The summed E-state index contributed by atoms with van der Waals surface area (Å²) >= 11 is 0. The van der Waals surface area contributed by atoms with Crippen molar-refractivity contribution in [1.82, 2.24) is 8.47 Å². The van der Waals surface area contributed by atoms with E-state index in [0.717, 1.165) is 135 Å². The molecule has 406 valence electrons. The fraction of sp³-hybridized carbons (Fsp3) is 0.265. The zero-order chi connectivity index (χ0) is 54.8. The van der Waals surface area contributed by atoms with Gasteiger partial charge in [0.05, 0.1) is 0 Å². The largest absolute Gasteiger partial charge is 0.582 e. The molecule has 6 bridgehead atoms. The van der Waals surface area contributed by atoms with Gasteiger partial charge in [-0.3, -0.25) is 8.47 Å². The average Bonchev–Trinajstić information content (AvgIpc) is 2.68. The fourth-order valence-electron chi connectivity index (χ4n) is 13.0. The van der Waals surface area contributed by atoms with Crippen molar-refractivity contribution in [1.29, 1.82) is 0 Å². The number of unbranched alkanes of at least 4 members (excludes halogenated alkanes) is 9. The summed E-state index contributed by atoms with van der Waals surface area (Å²) in [6.07, 6.45) is 13.6. The van der Waals surface area contributed by atoms with Crippen molar-refractivity contribution < 1.29 is 8.23 Å². The summed E-state index contributed by atoms with van der Waals surface area (Å²) in [6, 6.07) is 70.2. The fourth-order valence-corrected chi connectivity index (χ4v) is 29.8. The Balaban J connectivity index is 1.30. The van der Waals surface area contributed by atoms with Crippen molar-refractivity contribution >= 4 is 97.6 Å². The lowest BCUT2D eigenvalue weighted by Gasteiger charge is -2.47. The molecule has 81 heavy (non-hydrogen) atoms. The van der Waals surface area contributed by atoms with E-state index in [1.165, 1.54) is 19.3 Å². The Labute approximate surface area is 478 Å². The first kappa shape index (κ1) is 52.8. The van der Waals surface area contributed by atoms with Gasteiger partial charge < -0.3 is 8.23 Å². The zero-order valence-corrected chi connectivity index (χ0v) is 49.9. The van der Waals surface area contributed by atoms with Crippen LogP contribution in [0.15, 0.2) is 218 Å². The van der Waals surface area contributed by atoms with Gasteiger partial charge in [0, 0.05) is 43.8 Å². The van der Waals surface area contributed by atoms with Crippen LogP contribution >= 0.6 is 0 Å². The normalized spacial score (nSPS) is 18.1. The van der Waals surface area contributed by atoms with E-state index in [2.05, 4.69) is 217 Å². The van der Waals surface area contributed by atoms with Crippen LogP contribution in [0.1, 0.15) is 120 Å². The Morgan fingerprint density at radius 1 is 0.333 bits per heavy atom. The first-order chi connectivity index (χ1) is 40.0. The van der Waals surface area contributed by atoms with E-state index in [4.69, 9.17) is 30.0 Å². The number of benzene rings is 7. The minimum atomic E-state index is -4.79. The van der Waals surface area contributed by atoms with Gasteiger partial charge in [-0.25, -0.2) is 30.0 Å². The van der Waals surface area contributed by atoms with Crippen LogP contribution in [0.5, 0.6) is 0 Å². The Kier molecular flexibility index (Phi) is 14.9. The van der Waals surface area contributed by atoms with E-state index in [9.17, 15) is 8.23 Å². The molecule has 0 N–H and O–H groups in total. The second-order valence-corrected chi connectivity index (χ2v) is 32.8. The molecule has 4 aliphatic rings. The van der Waals surface area contributed by atoms with Crippen molar-refractivity contribution in [2.45, 2.75) is 116 Å². The first-order valence-electron chi connectivity index (χ1n) is 29.8. The van der Waals surface area contributed by atoms with Crippen LogP contribution in [-0.2, 0) is 8.23 Å². The van der Waals surface area contributed by atoms with E-state index in [1.807, 2.05) is 0 Å². The van der Waals surface area contributed by atoms with Gasteiger partial charge in [-0.2, -0.15) is 0 Å². The third kappa shape index (κ3) is 9.42. The highest BCUT2D eigenvalue weighted by molar-refractivity contribution is 7.10. The predicted octanol–water partition coefficient (Wildman–Crippen LogP) is 13.8. The summed E-state index contributed by atoms with van der Waals surface area (Å²) in [5, 5.41) is 6.99. The number of aromatic nitrogens is 2. The van der Waals surface area contributed by atoms with Crippen molar-refractivity contribution in [2.75, 3.05) is 0 Å². The lowest BCUT2D eigenvalue weighted by Crippen LogP contribution is -2.79. The Bertz CT molecular complexity index is 3770. The molecule has 6 heterocycles. The summed E-state index contributed by atoms with van der Waals surface area (Å²) in [6.45, 7) is 6.95. The molecule has 10 nitrogen and oxygen atoms in total. The monoisotopic (exact) mass is 1110 g/mol. The summed E-state index contributed by atoms with van der Waals surface area (Å²) in [5.74, 6) is 3.71. The quantitative estimate of drug-likeness (QED) is 0.0383. The Morgan fingerprint density at radius 2 is 0.667 bits per heavy atom. The molecule has 0 aliphatic carbocycles. The van der Waals surface area contributed by atoms with Crippen LogP contribution in [-0.4, -0.2) is 57.3 Å². The molecule has 13 heteroatoms. The Hall–Kier alpha value is -7.53. The molecule has 9 aromatic rings. The molecular weight excluding hydrogens is 1050 g/mol. The smallest absolute Gasteiger partial charge is 0.404 e. The van der Waals surface area contributed by atoms with Crippen molar-refractivity contribution in [3.8, 4) is 0 Å². The van der Waals surface area contributed by atoms with Crippen LogP contribution < -0.4 is 26.5 Å². The number of nitrogens with zero attached hydrogens (tertiary/aromatic N) is 8. The van der Waals surface area contributed by atoms with Crippen LogP contribution in [0.25, 0.3) is 21.5 Å². The highest BCUT2D eigenvalue weighted by atomic mass is 28.5. The molecular formula is C68H70N8O2Si3. The van der Waals surface area contributed by atoms with E-state index >= 15 is 0 Å². The molecule has 4 aliphatic heterocycles. The molecule has 13 rings (SSSR count). The summed E-state index contributed by atoms with van der Waals surface area (Å²) < 4.78 is 23.7. The van der Waals surface area contributed by atoms with E-state index in [0.29, 0.717) is 46.0 Å². The average molecular weight is 1120 g/mol. The number of fused-ring (bicyclic) bond motifs is 14. The first-order valence-corrected chi connectivity index (χ1v) is 36.0. The molecule has 0 radical (unpaired) electrons. The highest BCUT2D eigenvalue weighted by Crippen LogP contribution is 2.46. The van der Waals surface area contributed by atoms with Crippen LogP contribution in [0.2, 0.25) is 18.1 Å². The van der Waals surface area contributed by atoms with Gasteiger partial charge >= 0.3 is 8.88 Å². The maximum absolute atomic E-state index is 9.47. The van der Waals surface area contributed by atoms with Gasteiger partial charge in [0.2, 0.25) is 0 Å². The van der Waals surface area contributed by atoms with Gasteiger partial charge in [0.1, 0.15) is 22.6 Å². The third-order valence-electron chi connectivity index (χ3n) is 17.0. The maximum atomic E-state index is 9.47. The van der Waals surface area contributed by atoms with Gasteiger partial charge in [0.25, 0.3) is 8.32 Å². The van der Waals surface area contributed by atoms with Crippen molar-refractivity contribution in [2.24, 2.45) is 30.0 Å². The molecule has 7 aromatic carbocycles. The van der Waals surface area contributed by atoms with Crippen molar-refractivity contribution in [3.05, 3.63) is 221 Å². The van der Waals surface area contributed by atoms with Crippen molar-refractivity contribution in [3.63, 3.8) is 0 Å². The number of aliphatic imine (C=N–C) groups is 4. The third-order valence-corrected chi connectivity index (χ3v) is 31.2. The molecule has 0 fully saturated rings. The van der Waals surface area contributed by atoms with Crippen LogP contribution in [0, 0.1) is 0 Å². The van der Waals surface area contributed by atoms with Gasteiger partial charge in [0.15, 0.2) is 31.7 Å². The zero-order valence-electron chi connectivity index (χ0n) is 46.9. The second-order valence-electron chi connectivity index (χ2n) is 22.3.